The molecule has 17 heavy (non-hydrogen) atoms. The lowest BCUT2D eigenvalue weighted by Gasteiger charge is -2.29. The molecule has 0 aromatic heterocycles. The van der Waals surface area contributed by atoms with Crippen molar-refractivity contribution in [1.29, 1.82) is 0 Å². The summed E-state index contributed by atoms with van der Waals surface area (Å²) in [5, 5.41) is 1.64. The first kappa shape index (κ1) is 13.2. The van der Waals surface area contributed by atoms with E-state index in [0.29, 0.717) is 6.04 Å². The number of ether oxygens (including phenoxy) is 1. The maximum Gasteiger partial charge on any atom is 0.0750 e. The van der Waals surface area contributed by atoms with Crippen LogP contribution < -0.4 is 4.90 Å². The second kappa shape index (κ2) is 5.59. The third-order valence-electron chi connectivity index (χ3n) is 3.38. The van der Waals surface area contributed by atoms with Crippen molar-refractivity contribution in [2.75, 3.05) is 18.6 Å². The maximum absolute atomic E-state index is 6.33. The molecule has 1 aliphatic rings. The lowest BCUT2D eigenvalue weighted by Crippen LogP contribution is -2.36. The van der Waals surface area contributed by atoms with E-state index >= 15 is 0 Å². The second-order valence-electron chi connectivity index (χ2n) is 4.46. The molecule has 0 aliphatic carbocycles. The van der Waals surface area contributed by atoms with E-state index in [0.717, 1.165) is 29.1 Å². The predicted octanol–water partition coefficient (Wildman–Crippen LogP) is 3.85. The van der Waals surface area contributed by atoms with Gasteiger partial charge in [0.15, 0.2) is 0 Å². The normalized spacial score (nSPS) is 24.0. The first-order chi connectivity index (χ1) is 8.13. The topological polar surface area (TPSA) is 12.5 Å². The van der Waals surface area contributed by atoms with Gasteiger partial charge in [0.1, 0.15) is 0 Å². The van der Waals surface area contributed by atoms with E-state index < -0.39 is 0 Å². The van der Waals surface area contributed by atoms with E-state index in [-0.39, 0.29) is 6.10 Å². The molecule has 4 heteroatoms. The largest absolute Gasteiger partial charge is 0.376 e. The summed E-state index contributed by atoms with van der Waals surface area (Å²) in [6, 6.07) is 6.63. The summed E-state index contributed by atoms with van der Waals surface area (Å²) >= 11 is 9.76. The number of nitrogens with zero attached hydrogens (tertiary/aromatic N) is 1. The van der Waals surface area contributed by atoms with Crippen molar-refractivity contribution in [2.24, 2.45) is 0 Å². The molecule has 0 N–H and O–H groups in total. The summed E-state index contributed by atoms with van der Waals surface area (Å²) in [7, 11) is 2.09. The van der Waals surface area contributed by atoms with Crippen LogP contribution in [0.25, 0.3) is 0 Å². The molecule has 0 saturated carbocycles. The molecule has 1 aliphatic heterocycles. The van der Waals surface area contributed by atoms with Crippen LogP contribution in [0, 0.1) is 0 Å². The van der Waals surface area contributed by atoms with E-state index in [2.05, 4.69) is 46.9 Å². The number of benzene rings is 1. The molecule has 1 aromatic carbocycles. The summed E-state index contributed by atoms with van der Waals surface area (Å²) in [4.78, 5) is 2.23. The van der Waals surface area contributed by atoms with Gasteiger partial charge < -0.3 is 9.64 Å². The monoisotopic (exact) mass is 317 g/mol. The minimum Gasteiger partial charge on any atom is -0.376 e. The number of hydrogen-bond acceptors (Lipinski definition) is 2. The van der Waals surface area contributed by atoms with Crippen LogP contribution in [0.4, 0.5) is 5.69 Å². The Labute approximate surface area is 116 Å². The van der Waals surface area contributed by atoms with E-state index in [1.54, 1.807) is 0 Å². The van der Waals surface area contributed by atoms with E-state index in [1.165, 1.54) is 5.56 Å². The first-order valence-electron chi connectivity index (χ1n) is 5.82. The Kier molecular flexibility index (Phi) is 4.34. The number of halogens is 2. The van der Waals surface area contributed by atoms with Gasteiger partial charge in [0.2, 0.25) is 0 Å². The Morgan fingerprint density at radius 3 is 2.82 bits per heavy atom. The Bertz CT molecular complexity index is 399. The molecule has 2 rings (SSSR count). The minimum atomic E-state index is 0.270. The molecule has 1 aromatic rings. The fourth-order valence-corrected chi connectivity index (χ4v) is 3.01. The van der Waals surface area contributed by atoms with Gasteiger partial charge >= 0.3 is 0 Å². The zero-order valence-corrected chi connectivity index (χ0v) is 12.5. The summed E-state index contributed by atoms with van der Waals surface area (Å²) in [5.41, 5.74) is 2.28. The summed E-state index contributed by atoms with van der Waals surface area (Å²) in [5.74, 6) is 0. The number of rotatable bonds is 3. The lowest BCUT2D eigenvalue weighted by molar-refractivity contribution is 0.118. The van der Waals surface area contributed by atoms with Crippen LogP contribution in [-0.4, -0.2) is 25.8 Å². The Hall–Kier alpha value is -0.250. The zero-order valence-electron chi connectivity index (χ0n) is 10.1. The van der Waals surface area contributed by atoms with Crippen LogP contribution in [0.15, 0.2) is 18.2 Å². The van der Waals surface area contributed by atoms with Crippen LogP contribution in [0.1, 0.15) is 18.9 Å². The SMILES string of the molecule is CC1OCCC1N(C)c1ccc(CBr)cc1Cl. The van der Waals surface area contributed by atoms with E-state index in [4.69, 9.17) is 16.3 Å². The Balaban J connectivity index is 2.21. The molecule has 1 saturated heterocycles. The van der Waals surface area contributed by atoms with Crippen molar-refractivity contribution in [3.8, 4) is 0 Å². The third-order valence-corrected chi connectivity index (χ3v) is 4.33. The van der Waals surface area contributed by atoms with Crippen molar-refractivity contribution in [3.63, 3.8) is 0 Å². The second-order valence-corrected chi connectivity index (χ2v) is 5.43. The van der Waals surface area contributed by atoms with Gasteiger partial charge in [-0.15, -0.1) is 0 Å². The Morgan fingerprint density at radius 2 is 2.29 bits per heavy atom. The number of hydrogen-bond donors (Lipinski definition) is 0. The van der Waals surface area contributed by atoms with Crippen molar-refractivity contribution in [2.45, 2.75) is 30.8 Å². The lowest BCUT2D eigenvalue weighted by atomic mass is 10.1. The molecule has 2 nitrogen and oxygen atoms in total. The van der Waals surface area contributed by atoms with E-state index in [1.807, 2.05) is 6.07 Å². The van der Waals surface area contributed by atoms with Crippen LogP contribution in [0.5, 0.6) is 0 Å². The fourth-order valence-electron chi connectivity index (χ4n) is 2.33. The maximum atomic E-state index is 6.33. The van der Waals surface area contributed by atoms with Gasteiger partial charge in [0, 0.05) is 19.0 Å². The van der Waals surface area contributed by atoms with Crippen molar-refractivity contribution >= 4 is 33.2 Å². The average Bonchev–Trinajstić information content (AvgIpc) is 2.74. The van der Waals surface area contributed by atoms with Crippen LogP contribution >= 0.6 is 27.5 Å². The van der Waals surface area contributed by atoms with Crippen molar-refractivity contribution < 1.29 is 4.74 Å². The van der Waals surface area contributed by atoms with Crippen molar-refractivity contribution in [1.82, 2.24) is 0 Å². The number of alkyl halides is 1. The number of likely N-dealkylation sites (N-methyl/N-ethyl adjacent to an activating group) is 1. The molecule has 2 atom stereocenters. The van der Waals surface area contributed by atoms with Crippen LogP contribution in [0.3, 0.4) is 0 Å². The van der Waals surface area contributed by atoms with Gasteiger partial charge in [-0.1, -0.05) is 33.6 Å². The van der Waals surface area contributed by atoms with Crippen molar-refractivity contribution in [3.05, 3.63) is 28.8 Å². The van der Waals surface area contributed by atoms with Crippen LogP contribution in [-0.2, 0) is 10.1 Å². The smallest absolute Gasteiger partial charge is 0.0750 e. The highest BCUT2D eigenvalue weighted by atomic mass is 79.9. The Morgan fingerprint density at radius 1 is 1.53 bits per heavy atom. The molecule has 0 bridgehead atoms. The van der Waals surface area contributed by atoms with Gasteiger partial charge in [0.25, 0.3) is 0 Å². The molecule has 94 valence electrons. The highest BCUT2D eigenvalue weighted by molar-refractivity contribution is 9.08. The summed E-state index contributed by atoms with van der Waals surface area (Å²) in [6.07, 6.45) is 1.33. The molecular formula is C13H17BrClNO. The minimum absolute atomic E-state index is 0.270. The molecule has 2 unspecified atom stereocenters. The third kappa shape index (κ3) is 2.78. The average molecular weight is 319 g/mol. The van der Waals surface area contributed by atoms with E-state index in [9.17, 15) is 0 Å². The predicted molar refractivity (Wildman–Crippen MR) is 76.3 cm³/mol. The van der Waals surface area contributed by atoms with Gasteiger partial charge in [-0.25, -0.2) is 0 Å². The summed E-state index contributed by atoms with van der Waals surface area (Å²) < 4.78 is 5.60. The van der Waals surface area contributed by atoms with Gasteiger partial charge in [-0.3, -0.25) is 0 Å². The molecule has 1 fully saturated rings. The van der Waals surface area contributed by atoms with Gasteiger partial charge in [-0.05, 0) is 31.0 Å². The number of anilines is 1. The first-order valence-corrected chi connectivity index (χ1v) is 7.32. The van der Waals surface area contributed by atoms with Gasteiger partial charge in [-0.2, -0.15) is 0 Å². The summed E-state index contributed by atoms with van der Waals surface area (Å²) in [6.45, 7) is 2.96. The quantitative estimate of drug-likeness (QED) is 0.785. The highest BCUT2D eigenvalue weighted by Gasteiger charge is 2.28. The molecule has 0 radical (unpaired) electrons. The fraction of sp³-hybridized carbons (Fsp3) is 0.538. The molecule has 0 amide bonds. The molecule has 0 spiro atoms. The standard InChI is InChI=1S/C13H17BrClNO/c1-9-12(5-6-17-9)16(2)13-4-3-10(8-14)7-11(13)15/h3-4,7,9,12H,5-6,8H2,1-2H3. The highest BCUT2D eigenvalue weighted by Crippen LogP contribution is 2.31. The van der Waals surface area contributed by atoms with Gasteiger partial charge in [0.05, 0.1) is 22.9 Å². The van der Waals surface area contributed by atoms with Crippen LogP contribution in [0.2, 0.25) is 5.02 Å². The molecule has 1 heterocycles. The molecular weight excluding hydrogens is 302 g/mol. The zero-order chi connectivity index (χ0) is 12.4.